The van der Waals surface area contributed by atoms with Crippen LogP contribution in [0.3, 0.4) is 0 Å². The fourth-order valence-corrected chi connectivity index (χ4v) is 1.90. The van der Waals surface area contributed by atoms with Crippen LogP contribution in [0.15, 0.2) is 16.7 Å². The van der Waals surface area contributed by atoms with Crippen molar-refractivity contribution >= 4 is 12.1 Å². The number of hydrogen-bond acceptors (Lipinski definition) is 6. The van der Waals surface area contributed by atoms with Gasteiger partial charge in [0.25, 0.3) is 0 Å². The van der Waals surface area contributed by atoms with E-state index in [-0.39, 0.29) is 11.8 Å². The predicted molar refractivity (Wildman–Crippen MR) is 85.2 cm³/mol. The summed E-state index contributed by atoms with van der Waals surface area (Å²) < 4.78 is 15.0. The molecule has 0 spiro atoms. The van der Waals surface area contributed by atoms with Crippen molar-refractivity contribution in [3.8, 4) is 0 Å². The lowest BCUT2D eigenvalue weighted by molar-refractivity contribution is 0.0501. The number of carbonyl (C=O) groups excluding carboxylic acids is 2. The van der Waals surface area contributed by atoms with E-state index in [4.69, 9.17) is 9.15 Å². The van der Waals surface area contributed by atoms with Crippen LogP contribution in [0.4, 0.5) is 4.79 Å². The van der Waals surface area contributed by atoms with E-state index in [1.807, 2.05) is 27.7 Å². The molecule has 1 atom stereocenters. The maximum atomic E-state index is 11.8. The maximum absolute atomic E-state index is 11.8. The minimum Gasteiger partial charge on any atom is -0.463 e. The molecule has 0 aliphatic heterocycles. The third-order valence-electron chi connectivity index (χ3n) is 3.04. The quantitative estimate of drug-likeness (QED) is 0.748. The Labute approximate surface area is 136 Å². The Hall–Kier alpha value is -2.02. The van der Waals surface area contributed by atoms with E-state index in [0.717, 1.165) is 6.42 Å². The molecule has 23 heavy (non-hydrogen) atoms. The topological polar surface area (TPSA) is 89.8 Å². The molecule has 7 heteroatoms. The second-order valence-corrected chi connectivity index (χ2v) is 6.15. The van der Waals surface area contributed by atoms with Crippen LogP contribution in [0, 0.1) is 0 Å². The van der Waals surface area contributed by atoms with Crippen molar-refractivity contribution in [2.75, 3.05) is 13.7 Å². The molecule has 1 unspecified atom stereocenters. The molecule has 1 rings (SSSR count). The summed E-state index contributed by atoms with van der Waals surface area (Å²) in [7, 11) is 1.31. The molecular formula is C16H26N2O5. The highest BCUT2D eigenvalue weighted by atomic mass is 16.6. The van der Waals surface area contributed by atoms with Gasteiger partial charge in [-0.3, -0.25) is 0 Å². The van der Waals surface area contributed by atoms with E-state index in [0.29, 0.717) is 18.7 Å². The minimum atomic E-state index is -0.526. The van der Waals surface area contributed by atoms with Crippen LogP contribution < -0.4 is 10.6 Å². The Morgan fingerprint density at radius 2 is 2.04 bits per heavy atom. The van der Waals surface area contributed by atoms with Crippen molar-refractivity contribution in [1.29, 1.82) is 0 Å². The molecule has 2 N–H and O–H groups in total. The van der Waals surface area contributed by atoms with Crippen LogP contribution in [0.5, 0.6) is 0 Å². The molecule has 1 aromatic heterocycles. The summed E-state index contributed by atoms with van der Waals surface area (Å²) in [5.41, 5.74) is 0.186. The highest BCUT2D eigenvalue weighted by Gasteiger charge is 2.19. The van der Waals surface area contributed by atoms with Gasteiger partial charge in [0.1, 0.15) is 5.60 Å². The fourth-order valence-electron chi connectivity index (χ4n) is 1.90. The van der Waals surface area contributed by atoms with Crippen LogP contribution in [-0.2, 0) is 16.0 Å². The molecular weight excluding hydrogens is 300 g/mol. The van der Waals surface area contributed by atoms with Crippen LogP contribution in [0.2, 0.25) is 0 Å². The van der Waals surface area contributed by atoms with E-state index in [2.05, 4.69) is 15.4 Å². The lowest BCUT2D eigenvalue weighted by Gasteiger charge is -2.23. The van der Waals surface area contributed by atoms with Crippen molar-refractivity contribution in [2.45, 2.75) is 52.3 Å². The second-order valence-electron chi connectivity index (χ2n) is 6.15. The van der Waals surface area contributed by atoms with Crippen LogP contribution in [-0.4, -0.2) is 37.4 Å². The molecule has 1 amide bonds. The zero-order valence-corrected chi connectivity index (χ0v) is 14.4. The molecule has 0 saturated carbocycles. The first kappa shape index (κ1) is 19.0. The Balaban J connectivity index is 2.45. The molecule has 0 radical (unpaired) electrons. The molecule has 0 aliphatic carbocycles. The summed E-state index contributed by atoms with van der Waals surface area (Å²) in [5.74, 6) is -0.320. The number of furan rings is 1. The SMILES string of the molecule is CCC(CNCc1ccoc1C(=O)OC)NC(=O)OC(C)(C)C. The van der Waals surface area contributed by atoms with Gasteiger partial charge in [0.2, 0.25) is 5.76 Å². The van der Waals surface area contributed by atoms with Gasteiger partial charge in [0.05, 0.1) is 13.4 Å². The summed E-state index contributed by atoms with van der Waals surface area (Å²) in [6, 6.07) is 1.64. The van der Waals surface area contributed by atoms with Gasteiger partial charge in [-0.2, -0.15) is 0 Å². The Morgan fingerprint density at radius 3 is 2.61 bits per heavy atom. The highest BCUT2D eigenvalue weighted by Crippen LogP contribution is 2.11. The smallest absolute Gasteiger partial charge is 0.407 e. The fraction of sp³-hybridized carbons (Fsp3) is 0.625. The summed E-state index contributed by atoms with van der Waals surface area (Å²) in [4.78, 5) is 23.3. The first-order chi connectivity index (χ1) is 10.8. The summed E-state index contributed by atoms with van der Waals surface area (Å²) in [6.45, 7) is 8.41. The van der Waals surface area contributed by atoms with E-state index in [1.165, 1.54) is 13.4 Å². The third kappa shape index (κ3) is 6.73. The third-order valence-corrected chi connectivity index (χ3v) is 3.04. The lowest BCUT2D eigenvalue weighted by atomic mass is 10.2. The molecule has 0 aromatic carbocycles. The Kier molecular flexibility index (Phi) is 7.09. The number of esters is 1. The van der Waals surface area contributed by atoms with Gasteiger partial charge in [0, 0.05) is 24.7 Å². The van der Waals surface area contributed by atoms with Gasteiger partial charge in [0.15, 0.2) is 0 Å². The number of rotatable bonds is 7. The molecule has 0 saturated heterocycles. The lowest BCUT2D eigenvalue weighted by Crippen LogP contribution is -2.43. The van der Waals surface area contributed by atoms with Crippen molar-refractivity contribution in [3.63, 3.8) is 0 Å². The van der Waals surface area contributed by atoms with Crippen molar-refractivity contribution in [1.82, 2.24) is 10.6 Å². The van der Waals surface area contributed by atoms with E-state index < -0.39 is 17.7 Å². The van der Waals surface area contributed by atoms with Crippen LogP contribution in [0.1, 0.15) is 50.2 Å². The normalized spacial score (nSPS) is 12.6. The summed E-state index contributed by atoms with van der Waals surface area (Å²) in [6.07, 6.45) is 1.76. The summed E-state index contributed by atoms with van der Waals surface area (Å²) in [5, 5.41) is 6.00. The number of carbonyl (C=O) groups is 2. The number of nitrogens with one attached hydrogen (secondary N) is 2. The number of hydrogen-bond donors (Lipinski definition) is 2. The predicted octanol–water partition coefficient (Wildman–Crippen LogP) is 2.46. The molecule has 0 fully saturated rings. The number of alkyl carbamates (subject to hydrolysis) is 1. The number of methoxy groups -OCH3 is 1. The maximum Gasteiger partial charge on any atom is 0.407 e. The zero-order chi connectivity index (χ0) is 17.5. The molecule has 130 valence electrons. The monoisotopic (exact) mass is 326 g/mol. The van der Waals surface area contributed by atoms with Crippen LogP contribution >= 0.6 is 0 Å². The average Bonchev–Trinajstić information content (AvgIpc) is 2.91. The number of amides is 1. The molecule has 1 heterocycles. The largest absolute Gasteiger partial charge is 0.463 e. The zero-order valence-electron chi connectivity index (χ0n) is 14.4. The van der Waals surface area contributed by atoms with Crippen molar-refractivity contribution in [2.24, 2.45) is 0 Å². The van der Waals surface area contributed by atoms with Crippen molar-refractivity contribution < 1.29 is 23.5 Å². The number of ether oxygens (including phenoxy) is 2. The minimum absolute atomic E-state index is 0.0710. The molecule has 0 aliphatic rings. The van der Waals surface area contributed by atoms with E-state index >= 15 is 0 Å². The second kappa shape index (κ2) is 8.57. The van der Waals surface area contributed by atoms with Gasteiger partial charge in [-0.05, 0) is 33.3 Å². The molecule has 7 nitrogen and oxygen atoms in total. The first-order valence-electron chi connectivity index (χ1n) is 7.61. The van der Waals surface area contributed by atoms with Gasteiger partial charge in [-0.15, -0.1) is 0 Å². The van der Waals surface area contributed by atoms with Gasteiger partial charge in [-0.25, -0.2) is 9.59 Å². The standard InChI is InChI=1S/C16H26N2O5/c1-6-12(18-15(20)23-16(2,3)4)10-17-9-11-7-8-22-13(11)14(19)21-5/h7-8,12,17H,6,9-10H2,1-5H3,(H,18,20). The van der Waals surface area contributed by atoms with E-state index in [9.17, 15) is 9.59 Å². The van der Waals surface area contributed by atoms with E-state index in [1.54, 1.807) is 6.07 Å². The molecule has 1 aromatic rings. The Bertz CT molecular complexity index is 519. The first-order valence-corrected chi connectivity index (χ1v) is 7.61. The van der Waals surface area contributed by atoms with Crippen molar-refractivity contribution in [3.05, 3.63) is 23.7 Å². The Morgan fingerprint density at radius 1 is 1.35 bits per heavy atom. The van der Waals surface area contributed by atoms with Gasteiger partial charge < -0.3 is 24.5 Å². The summed E-state index contributed by atoms with van der Waals surface area (Å²) >= 11 is 0. The molecule has 0 bridgehead atoms. The van der Waals surface area contributed by atoms with Gasteiger partial charge in [-0.1, -0.05) is 6.92 Å². The van der Waals surface area contributed by atoms with Gasteiger partial charge >= 0.3 is 12.1 Å². The van der Waals surface area contributed by atoms with Crippen LogP contribution in [0.25, 0.3) is 0 Å². The average molecular weight is 326 g/mol. The highest BCUT2D eigenvalue weighted by molar-refractivity contribution is 5.87.